The third-order valence-electron chi connectivity index (χ3n) is 8.25. The van der Waals surface area contributed by atoms with Crippen molar-refractivity contribution >= 4 is 18.3 Å². The summed E-state index contributed by atoms with van der Waals surface area (Å²) in [5, 5.41) is 3.75. The number of carbonyl (C=O) groups excluding carboxylic acids is 1. The lowest BCUT2D eigenvalue weighted by atomic mass is 9.40. The summed E-state index contributed by atoms with van der Waals surface area (Å²) in [7, 11) is 0. The van der Waals surface area contributed by atoms with Gasteiger partial charge in [0.25, 0.3) is 0 Å². The molecule has 2 atom stereocenters. The third-order valence-corrected chi connectivity index (χ3v) is 8.25. The smallest absolute Gasteiger partial charge is 0.228 e. The van der Waals surface area contributed by atoms with Gasteiger partial charge in [-0.25, -0.2) is 0 Å². The summed E-state index contributed by atoms with van der Waals surface area (Å²) in [5.41, 5.74) is 0.874. The van der Waals surface area contributed by atoms with Gasteiger partial charge in [0.1, 0.15) is 0 Å². The topological polar surface area (TPSA) is 32.3 Å². The highest BCUT2D eigenvalue weighted by atomic mass is 35.5. The Morgan fingerprint density at radius 1 is 0.962 bits per heavy atom. The van der Waals surface area contributed by atoms with E-state index in [1.807, 2.05) is 0 Å². The van der Waals surface area contributed by atoms with Crippen molar-refractivity contribution in [2.75, 3.05) is 19.6 Å². The third kappa shape index (κ3) is 3.32. The molecule has 3 nitrogen and oxygen atoms in total. The number of halogens is 1. The highest BCUT2D eigenvalue weighted by Gasteiger charge is 2.63. The molecule has 148 valence electrons. The molecule has 6 aliphatic rings. The van der Waals surface area contributed by atoms with Crippen molar-refractivity contribution in [2.24, 2.45) is 28.1 Å². The molecule has 1 aliphatic heterocycles. The minimum absolute atomic E-state index is 0. The van der Waals surface area contributed by atoms with Crippen LogP contribution < -0.4 is 5.32 Å². The summed E-state index contributed by atoms with van der Waals surface area (Å²) >= 11 is 0. The maximum absolute atomic E-state index is 13.6. The summed E-state index contributed by atoms with van der Waals surface area (Å²) in [6.07, 6.45) is 12.8. The number of nitrogens with zero attached hydrogens (tertiary/aromatic N) is 1. The largest absolute Gasteiger partial charge is 0.342 e. The van der Waals surface area contributed by atoms with Crippen LogP contribution >= 0.6 is 12.4 Å². The first-order chi connectivity index (χ1) is 11.9. The van der Waals surface area contributed by atoms with E-state index in [0.717, 1.165) is 37.8 Å². The van der Waals surface area contributed by atoms with Crippen LogP contribution in [0.5, 0.6) is 0 Å². The van der Waals surface area contributed by atoms with Gasteiger partial charge in [-0.1, -0.05) is 13.8 Å². The van der Waals surface area contributed by atoms with E-state index in [1.54, 1.807) is 0 Å². The van der Waals surface area contributed by atoms with Crippen molar-refractivity contribution in [3.8, 4) is 0 Å². The molecule has 6 fully saturated rings. The normalized spacial score (nSPS) is 44.8. The van der Waals surface area contributed by atoms with Crippen molar-refractivity contribution in [2.45, 2.75) is 84.1 Å². The molecular formula is C22H37ClN2O. The quantitative estimate of drug-likeness (QED) is 0.784. The second kappa shape index (κ2) is 6.37. The first-order valence-electron chi connectivity index (χ1n) is 10.9. The van der Waals surface area contributed by atoms with Crippen molar-refractivity contribution < 1.29 is 4.79 Å². The molecule has 1 heterocycles. The van der Waals surface area contributed by atoms with Crippen LogP contribution in [0.15, 0.2) is 0 Å². The van der Waals surface area contributed by atoms with E-state index in [9.17, 15) is 4.79 Å². The molecule has 5 aliphatic carbocycles. The van der Waals surface area contributed by atoms with Crippen molar-refractivity contribution in [3.05, 3.63) is 0 Å². The van der Waals surface area contributed by atoms with Gasteiger partial charge in [0.2, 0.25) is 5.91 Å². The average Bonchev–Trinajstić information content (AvgIpc) is 3.33. The Labute approximate surface area is 165 Å². The number of amides is 1. The van der Waals surface area contributed by atoms with Crippen LogP contribution in [0.1, 0.15) is 78.1 Å². The van der Waals surface area contributed by atoms with Crippen molar-refractivity contribution in [1.29, 1.82) is 0 Å². The Morgan fingerprint density at radius 3 is 2.12 bits per heavy atom. The van der Waals surface area contributed by atoms with E-state index in [-0.39, 0.29) is 17.8 Å². The fourth-order valence-electron chi connectivity index (χ4n) is 7.96. The van der Waals surface area contributed by atoms with E-state index in [2.05, 4.69) is 24.1 Å². The zero-order valence-corrected chi connectivity index (χ0v) is 17.5. The monoisotopic (exact) mass is 380 g/mol. The predicted molar refractivity (Wildman–Crippen MR) is 107 cm³/mol. The molecule has 0 aromatic heterocycles. The minimum Gasteiger partial charge on any atom is -0.342 e. The molecule has 1 saturated heterocycles. The lowest BCUT2D eigenvalue weighted by Crippen LogP contribution is -2.61. The van der Waals surface area contributed by atoms with E-state index < -0.39 is 0 Å². The number of piperidine rings is 1. The van der Waals surface area contributed by atoms with E-state index in [1.165, 1.54) is 57.9 Å². The Kier molecular flexibility index (Phi) is 4.67. The second-order valence-corrected chi connectivity index (χ2v) is 11.3. The lowest BCUT2D eigenvalue weighted by molar-refractivity contribution is -0.180. The SMILES string of the molecule is CC12CC3CC(C)(C1)CC(C(=O)N1CCC(NCC4CC4)CC1)(C3)C2.Cl. The molecule has 0 aromatic carbocycles. The summed E-state index contributed by atoms with van der Waals surface area (Å²) < 4.78 is 0. The highest BCUT2D eigenvalue weighted by molar-refractivity contribution is 5.85. The summed E-state index contributed by atoms with van der Waals surface area (Å²) in [6.45, 7) is 8.14. The molecule has 4 heteroatoms. The number of rotatable bonds is 4. The van der Waals surface area contributed by atoms with Gasteiger partial charge >= 0.3 is 0 Å². The van der Waals surface area contributed by atoms with Gasteiger partial charge in [-0.3, -0.25) is 4.79 Å². The molecule has 6 rings (SSSR count). The molecule has 26 heavy (non-hydrogen) atoms. The van der Waals surface area contributed by atoms with Crippen LogP contribution in [0.4, 0.5) is 0 Å². The minimum atomic E-state index is -0.00278. The number of likely N-dealkylation sites (tertiary alicyclic amines) is 1. The summed E-state index contributed by atoms with van der Waals surface area (Å²) in [5.74, 6) is 2.30. The van der Waals surface area contributed by atoms with E-state index in [0.29, 0.717) is 22.8 Å². The molecule has 2 unspecified atom stereocenters. The molecule has 0 spiro atoms. The van der Waals surface area contributed by atoms with Gasteiger partial charge in [-0.05, 0) is 93.4 Å². The number of hydrogen-bond donors (Lipinski definition) is 1. The molecule has 1 N–H and O–H groups in total. The molecule has 1 amide bonds. The Hall–Kier alpha value is -0.280. The van der Waals surface area contributed by atoms with E-state index in [4.69, 9.17) is 0 Å². The molecular weight excluding hydrogens is 344 g/mol. The average molecular weight is 381 g/mol. The Bertz CT molecular complexity index is 548. The maximum atomic E-state index is 13.6. The van der Waals surface area contributed by atoms with Crippen LogP contribution in [-0.4, -0.2) is 36.5 Å². The zero-order chi connectivity index (χ0) is 17.3. The van der Waals surface area contributed by atoms with Crippen molar-refractivity contribution in [3.63, 3.8) is 0 Å². The van der Waals surface area contributed by atoms with Gasteiger partial charge in [0.15, 0.2) is 0 Å². The first kappa shape index (κ1) is 19.1. The van der Waals surface area contributed by atoms with E-state index >= 15 is 0 Å². The van der Waals surface area contributed by atoms with Crippen LogP contribution in [-0.2, 0) is 4.79 Å². The van der Waals surface area contributed by atoms with Gasteiger partial charge in [0, 0.05) is 19.1 Å². The predicted octanol–water partition coefficient (Wildman–Crippen LogP) is 4.40. The standard InChI is InChI=1S/C22H36N2O.ClH/c1-20-9-17-10-21(2,13-20)15-22(11-17,14-20)19(25)24-7-5-18(6-8-24)23-12-16-3-4-16;/h16-18,23H,3-15H2,1-2H3;1H. The van der Waals surface area contributed by atoms with Crippen molar-refractivity contribution in [1.82, 2.24) is 10.2 Å². The molecule has 0 radical (unpaired) electrons. The highest BCUT2D eigenvalue weighted by Crippen LogP contribution is 2.69. The fourth-order valence-corrected chi connectivity index (χ4v) is 7.96. The van der Waals surface area contributed by atoms with Crippen LogP contribution in [0.2, 0.25) is 0 Å². The fraction of sp³-hybridized carbons (Fsp3) is 0.955. The number of hydrogen-bond acceptors (Lipinski definition) is 2. The summed E-state index contributed by atoms with van der Waals surface area (Å²) in [4.78, 5) is 15.9. The molecule has 0 aromatic rings. The summed E-state index contributed by atoms with van der Waals surface area (Å²) in [6, 6.07) is 0.649. The second-order valence-electron chi connectivity index (χ2n) is 11.3. The van der Waals surface area contributed by atoms with Crippen LogP contribution in [0.3, 0.4) is 0 Å². The number of nitrogens with one attached hydrogen (secondary N) is 1. The van der Waals surface area contributed by atoms with Crippen LogP contribution in [0.25, 0.3) is 0 Å². The van der Waals surface area contributed by atoms with Gasteiger partial charge in [0.05, 0.1) is 5.41 Å². The Morgan fingerprint density at radius 2 is 1.58 bits per heavy atom. The van der Waals surface area contributed by atoms with Gasteiger partial charge in [-0.15, -0.1) is 12.4 Å². The lowest BCUT2D eigenvalue weighted by Gasteiger charge is -2.65. The molecule has 5 saturated carbocycles. The van der Waals surface area contributed by atoms with Gasteiger partial charge < -0.3 is 10.2 Å². The maximum Gasteiger partial charge on any atom is 0.228 e. The Balaban J connectivity index is 0.00000168. The zero-order valence-electron chi connectivity index (χ0n) is 16.7. The number of carbonyl (C=O) groups is 1. The molecule has 4 bridgehead atoms. The first-order valence-corrected chi connectivity index (χ1v) is 10.9. The van der Waals surface area contributed by atoms with Gasteiger partial charge in [-0.2, -0.15) is 0 Å². The van der Waals surface area contributed by atoms with Crippen LogP contribution in [0, 0.1) is 28.1 Å².